The molecule has 0 atom stereocenters. The van der Waals surface area contributed by atoms with Gasteiger partial charge in [-0.05, 0) is 29.2 Å². The highest BCUT2D eigenvalue weighted by molar-refractivity contribution is 7.99. The summed E-state index contributed by atoms with van der Waals surface area (Å²) >= 11 is 1.75. The van der Waals surface area contributed by atoms with Crippen LogP contribution >= 0.6 is 11.8 Å². The van der Waals surface area contributed by atoms with Crippen LogP contribution in [0.3, 0.4) is 0 Å². The van der Waals surface area contributed by atoms with E-state index in [1.807, 2.05) is 6.07 Å². The summed E-state index contributed by atoms with van der Waals surface area (Å²) in [6.45, 7) is 0. The second-order valence-electron chi connectivity index (χ2n) is 4.85. The molecule has 2 aromatic carbocycles. The van der Waals surface area contributed by atoms with Gasteiger partial charge in [0.1, 0.15) is 11.3 Å². The van der Waals surface area contributed by atoms with Crippen molar-refractivity contribution in [1.82, 2.24) is 15.0 Å². The quantitative estimate of drug-likeness (QED) is 0.553. The molecule has 3 nitrogen and oxygen atoms in total. The number of pyridine rings is 1. The van der Waals surface area contributed by atoms with Gasteiger partial charge in [0.2, 0.25) is 0 Å². The van der Waals surface area contributed by atoms with E-state index in [1.54, 1.807) is 24.2 Å². The van der Waals surface area contributed by atoms with Crippen molar-refractivity contribution in [1.29, 1.82) is 0 Å². The van der Waals surface area contributed by atoms with Crippen LogP contribution in [0.2, 0.25) is 0 Å². The fraction of sp³-hybridized carbons (Fsp3) is 0.0588. The number of aromatic nitrogens is 3. The molecule has 0 radical (unpaired) electrons. The zero-order chi connectivity index (χ0) is 14.2. The van der Waals surface area contributed by atoms with Crippen LogP contribution < -0.4 is 0 Å². The van der Waals surface area contributed by atoms with Crippen LogP contribution in [0.4, 0.5) is 0 Å². The van der Waals surface area contributed by atoms with E-state index >= 15 is 0 Å². The molecule has 4 rings (SSSR count). The number of imidazole rings is 1. The molecule has 0 saturated heterocycles. The first kappa shape index (κ1) is 12.4. The summed E-state index contributed by atoms with van der Waals surface area (Å²) < 4.78 is 0. The number of nitrogens with one attached hydrogen (secondary N) is 1. The fourth-order valence-electron chi connectivity index (χ4n) is 2.63. The van der Waals surface area contributed by atoms with Gasteiger partial charge in [0.05, 0.1) is 11.7 Å². The Morgan fingerprint density at radius 3 is 2.81 bits per heavy atom. The van der Waals surface area contributed by atoms with E-state index in [0.717, 1.165) is 22.4 Å². The maximum absolute atomic E-state index is 4.67. The number of benzene rings is 2. The summed E-state index contributed by atoms with van der Waals surface area (Å²) in [5.74, 6) is 0.896. The first-order valence-electron chi connectivity index (χ1n) is 6.72. The molecule has 0 bridgehead atoms. The number of hydrogen-bond donors (Lipinski definition) is 1. The number of fused-ring (bicyclic) bond motifs is 2. The van der Waals surface area contributed by atoms with Crippen LogP contribution in [-0.4, -0.2) is 21.2 Å². The van der Waals surface area contributed by atoms with E-state index in [-0.39, 0.29) is 0 Å². The van der Waals surface area contributed by atoms with Crippen molar-refractivity contribution >= 4 is 33.6 Å². The van der Waals surface area contributed by atoms with Gasteiger partial charge in [-0.1, -0.05) is 30.3 Å². The molecule has 0 saturated carbocycles. The first-order chi connectivity index (χ1) is 10.4. The van der Waals surface area contributed by atoms with E-state index in [1.165, 1.54) is 15.7 Å². The summed E-state index contributed by atoms with van der Waals surface area (Å²) in [6.07, 6.45) is 5.67. The Morgan fingerprint density at radius 2 is 1.95 bits per heavy atom. The number of rotatable bonds is 2. The Morgan fingerprint density at radius 1 is 1.05 bits per heavy atom. The lowest BCUT2D eigenvalue weighted by Gasteiger charge is -2.09. The van der Waals surface area contributed by atoms with Gasteiger partial charge in [-0.15, -0.1) is 11.8 Å². The fourth-order valence-corrected chi connectivity index (χ4v) is 3.42. The molecule has 0 unspecified atom stereocenters. The van der Waals surface area contributed by atoms with Crippen LogP contribution in [0.25, 0.3) is 33.2 Å². The normalized spacial score (nSPS) is 11.3. The van der Waals surface area contributed by atoms with Gasteiger partial charge in [0, 0.05) is 16.7 Å². The van der Waals surface area contributed by atoms with Gasteiger partial charge in [-0.2, -0.15) is 0 Å². The van der Waals surface area contributed by atoms with E-state index < -0.39 is 0 Å². The number of nitrogens with zero attached hydrogens (tertiary/aromatic N) is 2. The monoisotopic (exact) mass is 291 g/mol. The molecule has 0 fully saturated rings. The minimum Gasteiger partial charge on any atom is -0.338 e. The van der Waals surface area contributed by atoms with E-state index in [0.29, 0.717) is 0 Å². The maximum Gasteiger partial charge on any atom is 0.139 e. The maximum atomic E-state index is 4.67. The molecule has 102 valence electrons. The average Bonchev–Trinajstić information content (AvgIpc) is 2.97. The van der Waals surface area contributed by atoms with Crippen molar-refractivity contribution in [2.24, 2.45) is 0 Å². The van der Waals surface area contributed by atoms with Crippen LogP contribution in [-0.2, 0) is 0 Å². The third-order valence-electron chi connectivity index (χ3n) is 3.62. The van der Waals surface area contributed by atoms with Crippen molar-refractivity contribution in [2.75, 3.05) is 6.26 Å². The second kappa shape index (κ2) is 4.90. The molecule has 0 aliphatic heterocycles. The van der Waals surface area contributed by atoms with Gasteiger partial charge < -0.3 is 4.98 Å². The van der Waals surface area contributed by atoms with Gasteiger partial charge in [-0.25, -0.2) is 4.98 Å². The molecule has 21 heavy (non-hydrogen) atoms. The van der Waals surface area contributed by atoms with Crippen LogP contribution in [0, 0.1) is 0 Å². The Kier molecular flexibility index (Phi) is 2.89. The van der Waals surface area contributed by atoms with E-state index in [4.69, 9.17) is 0 Å². The van der Waals surface area contributed by atoms with Crippen LogP contribution in [0.5, 0.6) is 0 Å². The minimum atomic E-state index is 0.896. The highest BCUT2D eigenvalue weighted by atomic mass is 32.2. The van der Waals surface area contributed by atoms with E-state index in [2.05, 4.69) is 57.6 Å². The second-order valence-corrected chi connectivity index (χ2v) is 5.66. The molecular weight excluding hydrogens is 278 g/mol. The molecular formula is C17H13N3S. The van der Waals surface area contributed by atoms with Gasteiger partial charge >= 0.3 is 0 Å². The SMILES string of the molecule is CSc1c(-c2nc3cnccc3[nH]2)ccc2ccccc12. The lowest BCUT2D eigenvalue weighted by Crippen LogP contribution is -1.86. The van der Waals surface area contributed by atoms with Crippen molar-refractivity contribution < 1.29 is 0 Å². The number of H-pyrrole nitrogens is 1. The van der Waals surface area contributed by atoms with Crippen molar-refractivity contribution in [3.63, 3.8) is 0 Å². The molecule has 2 heterocycles. The van der Waals surface area contributed by atoms with Crippen LogP contribution in [0.15, 0.2) is 59.8 Å². The number of hydrogen-bond acceptors (Lipinski definition) is 3. The van der Waals surface area contributed by atoms with Gasteiger partial charge in [0.15, 0.2) is 0 Å². The smallest absolute Gasteiger partial charge is 0.139 e. The zero-order valence-electron chi connectivity index (χ0n) is 11.5. The van der Waals surface area contributed by atoms with Crippen LogP contribution in [0.1, 0.15) is 0 Å². The molecule has 0 aliphatic carbocycles. The standard InChI is InChI=1S/C17H13N3S/c1-21-16-12-5-3-2-4-11(12)6-7-13(16)17-19-14-8-9-18-10-15(14)20-17/h2-10H,1H3,(H,19,20). The Labute approximate surface area is 126 Å². The summed E-state index contributed by atoms with van der Waals surface area (Å²) in [5.41, 5.74) is 3.05. The Hall–Kier alpha value is -2.33. The third-order valence-corrected chi connectivity index (χ3v) is 4.47. The summed E-state index contributed by atoms with van der Waals surface area (Å²) in [6, 6.07) is 14.7. The predicted molar refractivity (Wildman–Crippen MR) is 88.6 cm³/mol. The summed E-state index contributed by atoms with van der Waals surface area (Å²) in [7, 11) is 0. The molecule has 0 amide bonds. The molecule has 4 aromatic rings. The van der Waals surface area contributed by atoms with E-state index in [9.17, 15) is 0 Å². The topological polar surface area (TPSA) is 41.6 Å². The predicted octanol–water partition coefficient (Wildman–Crippen LogP) is 4.50. The molecule has 4 heteroatoms. The Balaban J connectivity index is 2.01. The van der Waals surface area contributed by atoms with Crippen molar-refractivity contribution in [2.45, 2.75) is 4.90 Å². The summed E-state index contributed by atoms with van der Waals surface area (Å²) in [4.78, 5) is 13.4. The van der Waals surface area contributed by atoms with Gasteiger partial charge in [0.25, 0.3) is 0 Å². The zero-order valence-corrected chi connectivity index (χ0v) is 12.3. The number of aromatic amines is 1. The highest BCUT2D eigenvalue weighted by Gasteiger charge is 2.12. The largest absolute Gasteiger partial charge is 0.338 e. The molecule has 0 spiro atoms. The number of thioether (sulfide) groups is 1. The average molecular weight is 291 g/mol. The van der Waals surface area contributed by atoms with Crippen molar-refractivity contribution in [3.8, 4) is 11.4 Å². The first-order valence-corrected chi connectivity index (χ1v) is 7.95. The van der Waals surface area contributed by atoms with Crippen molar-refractivity contribution in [3.05, 3.63) is 54.9 Å². The highest BCUT2D eigenvalue weighted by Crippen LogP contribution is 2.35. The Bertz CT molecular complexity index is 910. The molecule has 1 N–H and O–H groups in total. The third kappa shape index (κ3) is 1.99. The molecule has 0 aliphatic rings. The minimum absolute atomic E-state index is 0.896. The lowest BCUT2D eigenvalue weighted by atomic mass is 10.1. The van der Waals surface area contributed by atoms with Gasteiger partial charge in [-0.3, -0.25) is 4.98 Å². The molecule has 2 aromatic heterocycles. The summed E-state index contributed by atoms with van der Waals surface area (Å²) in [5, 5.41) is 2.52. The lowest BCUT2D eigenvalue weighted by molar-refractivity contribution is 1.30.